The second kappa shape index (κ2) is 5.28. The Kier molecular flexibility index (Phi) is 3.25. The number of hydrogen-bond acceptors (Lipinski definition) is 6. The van der Waals surface area contributed by atoms with Gasteiger partial charge in [-0.3, -0.25) is 0 Å². The Bertz CT molecular complexity index is 844. The maximum Gasteiger partial charge on any atom is 0.228 e. The zero-order valence-corrected chi connectivity index (χ0v) is 13.5. The fourth-order valence-corrected chi connectivity index (χ4v) is 2.78. The van der Waals surface area contributed by atoms with Gasteiger partial charge >= 0.3 is 0 Å². The first-order chi connectivity index (χ1) is 10.8. The third kappa shape index (κ3) is 2.23. The number of aromatic nitrogens is 6. The summed E-state index contributed by atoms with van der Waals surface area (Å²) in [6.45, 7) is 2.47. The maximum atomic E-state index is 5.67. The van der Waals surface area contributed by atoms with Crippen LogP contribution in [-0.2, 0) is 0 Å². The fourth-order valence-electron chi connectivity index (χ4n) is 2.42. The molecule has 0 saturated heterocycles. The van der Waals surface area contributed by atoms with Crippen LogP contribution in [0.5, 0.6) is 5.88 Å². The first-order valence-corrected chi connectivity index (χ1v) is 7.84. The van der Waals surface area contributed by atoms with Crippen molar-refractivity contribution >= 4 is 27.2 Å². The largest absolute Gasteiger partial charge is 0.477 e. The highest BCUT2D eigenvalue weighted by molar-refractivity contribution is 9.08. The lowest BCUT2D eigenvalue weighted by atomic mass is 10.1. The minimum absolute atomic E-state index is 0.454. The number of hydrogen-bond donors (Lipinski definition) is 0. The summed E-state index contributed by atoms with van der Waals surface area (Å²) in [4.78, 5) is 17.8. The predicted molar refractivity (Wildman–Crippen MR) is 83.8 cm³/mol. The highest BCUT2D eigenvalue weighted by Gasteiger charge is 2.31. The van der Waals surface area contributed by atoms with Crippen LogP contribution in [0.1, 0.15) is 31.4 Å². The summed E-state index contributed by atoms with van der Waals surface area (Å²) < 4.78 is 7.23. The van der Waals surface area contributed by atoms with E-state index in [1.807, 2.05) is 6.92 Å². The Labute approximate surface area is 135 Å². The van der Waals surface area contributed by atoms with Crippen LogP contribution in [0.25, 0.3) is 22.4 Å². The summed E-state index contributed by atoms with van der Waals surface area (Å²) in [5.74, 6) is 1.58. The van der Waals surface area contributed by atoms with Crippen LogP contribution in [0.4, 0.5) is 0 Å². The van der Waals surface area contributed by atoms with Crippen molar-refractivity contribution in [3.63, 3.8) is 0 Å². The number of halogens is 1. The van der Waals surface area contributed by atoms with E-state index in [1.54, 1.807) is 22.4 Å². The summed E-state index contributed by atoms with van der Waals surface area (Å²) in [7, 11) is 0. The number of ether oxygens (including phenoxy) is 1. The Morgan fingerprint density at radius 3 is 2.91 bits per heavy atom. The van der Waals surface area contributed by atoms with Crippen molar-refractivity contribution in [3.05, 3.63) is 24.4 Å². The third-order valence-corrected chi connectivity index (χ3v) is 4.15. The van der Waals surface area contributed by atoms with Gasteiger partial charge in [-0.05, 0) is 19.8 Å². The zero-order chi connectivity index (χ0) is 15.1. The van der Waals surface area contributed by atoms with Gasteiger partial charge in [0, 0.05) is 5.92 Å². The molecule has 3 aromatic rings. The molecule has 0 bridgehead atoms. The molecule has 0 amide bonds. The average molecular weight is 361 g/mol. The Morgan fingerprint density at radius 2 is 2.14 bits per heavy atom. The van der Waals surface area contributed by atoms with E-state index in [0.717, 1.165) is 35.1 Å². The molecule has 0 aromatic carbocycles. The quantitative estimate of drug-likeness (QED) is 0.711. The summed E-state index contributed by atoms with van der Waals surface area (Å²) >= 11 is 3.31. The van der Waals surface area contributed by atoms with E-state index in [-0.39, 0.29) is 0 Å². The minimum atomic E-state index is 0.454. The lowest BCUT2D eigenvalue weighted by Crippen LogP contribution is -2.04. The van der Waals surface area contributed by atoms with E-state index in [2.05, 4.69) is 41.2 Å². The van der Waals surface area contributed by atoms with E-state index >= 15 is 0 Å². The lowest BCUT2D eigenvalue weighted by molar-refractivity contribution is 0.327. The van der Waals surface area contributed by atoms with Gasteiger partial charge in [0.15, 0.2) is 5.82 Å². The molecule has 1 saturated carbocycles. The third-order valence-electron chi connectivity index (χ3n) is 3.59. The zero-order valence-electron chi connectivity index (χ0n) is 11.9. The summed E-state index contributed by atoms with van der Waals surface area (Å²) in [6.07, 6.45) is 7.25. The van der Waals surface area contributed by atoms with Gasteiger partial charge in [0.25, 0.3) is 0 Å². The first kappa shape index (κ1) is 13.6. The molecule has 0 atom stereocenters. The Morgan fingerprint density at radius 1 is 1.27 bits per heavy atom. The van der Waals surface area contributed by atoms with E-state index < -0.39 is 0 Å². The predicted octanol–water partition coefficient (Wildman–Crippen LogP) is 2.72. The van der Waals surface area contributed by atoms with Crippen molar-refractivity contribution in [2.75, 3.05) is 6.61 Å². The molecule has 8 heteroatoms. The van der Waals surface area contributed by atoms with E-state index in [0.29, 0.717) is 24.2 Å². The molecule has 0 radical (unpaired) electrons. The van der Waals surface area contributed by atoms with Gasteiger partial charge in [0.05, 0.1) is 40.8 Å². The summed E-state index contributed by atoms with van der Waals surface area (Å²) in [5.41, 5.74) is 3.35. The van der Waals surface area contributed by atoms with Gasteiger partial charge in [0.2, 0.25) is 5.88 Å². The minimum Gasteiger partial charge on any atom is -0.477 e. The molecule has 0 N–H and O–H groups in total. The van der Waals surface area contributed by atoms with Crippen LogP contribution < -0.4 is 4.74 Å². The van der Waals surface area contributed by atoms with Crippen LogP contribution in [0.2, 0.25) is 0 Å². The molecule has 1 aliphatic carbocycles. The average Bonchev–Trinajstić information content (AvgIpc) is 3.32. The molecule has 4 rings (SSSR count). The normalized spacial score (nSPS) is 14.5. The van der Waals surface area contributed by atoms with Gasteiger partial charge in [-0.1, -0.05) is 0 Å². The standard InChI is InChI=1S/C14H13BrN6O/c1-2-22-14-11(12(8-3-4-8)17-7-18-14)13-16-6-10-9(20-13)5-19-21(10)15/h5-8H,2-4H2,1H3. The van der Waals surface area contributed by atoms with E-state index in [1.165, 1.54) is 0 Å². The topological polar surface area (TPSA) is 78.6 Å². The van der Waals surface area contributed by atoms with Gasteiger partial charge in [-0.15, -0.1) is 0 Å². The molecule has 7 nitrogen and oxygen atoms in total. The number of fused-ring (bicyclic) bond motifs is 1. The van der Waals surface area contributed by atoms with E-state index in [4.69, 9.17) is 4.74 Å². The molecular weight excluding hydrogens is 348 g/mol. The molecule has 0 aliphatic heterocycles. The van der Waals surface area contributed by atoms with Crippen molar-refractivity contribution in [2.24, 2.45) is 0 Å². The molecule has 0 spiro atoms. The summed E-state index contributed by atoms with van der Waals surface area (Å²) in [5, 5.41) is 4.13. The van der Waals surface area contributed by atoms with Gasteiger partial charge < -0.3 is 4.74 Å². The van der Waals surface area contributed by atoms with Crippen molar-refractivity contribution in [1.82, 2.24) is 28.7 Å². The van der Waals surface area contributed by atoms with Crippen molar-refractivity contribution in [1.29, 1.82) is 0 Å². The van der Waals surface area contributed by atoms with E-state index in [9.17, 15) is 0 Å². The molecule has 22 heavy (non-hydrogen) atoms. The Balaban J connectivity index is 1.91. The molecule has 1 fully saturated rings. The van der Waals surface area contributed by atoms with Crippen LogP contribution in [-0.4, -0.2) is 35.3 Å². The molecule has 112 valence electrons. The highest BCUT2D eigenvalue weighted by Crippen LogP contribution is 2.44. The summed E-state index contributed by atoms with van der Waals surface area (Å²) in [6, 6.07) is 0. The molecule has 1 aliphatic rings. The van der Waals surface area contributed by atoms with Gasteiger partial charge in [-0.25, -0.2) is 19.9 Å². The molecule has 3 aromatic heterocycles. The Hall–Kier alpha value is -2.09. The highest BCUT2D eigenvalue weighted by atomic mass is 79.9. The SMILES string of the molecule is CCOc1ncnc(C2CC2)c1-c1ncc2c(cnn2Br)n1. The molecule has 0 unspecified atom stereocenters. The molecule has 3 heterocycles. The van der Waals surface area contributed by atoms with Crippen molar-refractivity contribution < 1.29 is 4.74 Å². The van der Waals surface area contributed by atoms with Gasteiger partial charge in [0.1, 0.15) is 22.9 Å². The van der Waals surface area contributed by atoms with Crippen LogP contribution >= 0.6 is 16.1 Å². The molecular formula is C14H13BrN6O. The lowest BCUT2D eigenvalue weighted by Gasteiger charge is -2.11. The first-order valence-electron chi connectivity index (χ1n) is 7.13. The second-order valence-corrected chi connectivity index (χ2v) is 5.79. The van der Waals surface area contributed by atoms with Crippen LogP contribution in [0.15, 0.2) is 18.7 Å². The van der Waals surface area contributed by atoms with Crippen molar-refractivity contribution in [2.45, 2.75) is 25.7 Å². The fraction of sp³-hybridized carbons (Fsp3) is 0.357. The van der Waals surface area contributed by atoms with Gasteiger partial charge in [-0.2, -0.15) is 8.81 Å². The monoisotopic (exact) mass is 360 g/mol. The van der Waals surface area contributed by atoms with Crippen LogP contribution in [0.3, 0.4) is 0 Å². The smallest absolute Gasteiger partial charge is 0.228 e. The maximum absolute atomic E-state index is 5.67. The van der Waals surface area contributed by atoms with Crippen molar-refractivity contribution in [3.8, 4) is 17.3 Å². The second-order valence-electron chi connectivity index (χ2n) is 5.12. The van der Waals surface area contributed by atoms with Crippen LogP contribution in [0, 0.1) is 0 Å². The number of nitrogens with zero attached hydrogens (tertiary/aromatic N) is 6. The number of rotatable bonds is 4.